The van der Waals surface area contributed by atoms with Crippen LogP contribution in [0, 0.1) is 5.82 Å². The molecule has 0 aliphatic carbocycles. The van der Waals surface area contributed by atoms with E-state index in [1.54, 1.807) is 22.9 Å². The van der Waals surface area contributed by atoms with Gasteiger partial charge in [0.15, 0.2) is 11.6 Å². The first-order chi connectivity index (χ1) is 12.2. The molecule has 0 saturated carbocycles. The summed E-state index contributed by atoms with van der Waals surface area (Å²) in [6, 6.07) is 3.35. The van der Waals surface area contributed by atoms with Crippen molar-refractivity contribution in [1.82, 2.24) is 19.6 Å². The molecule has 0 unspecified atom stereocenters. The number of rotatable bonds is 6. The molecular weight excluding hydrogens is 321 g/mol. The third-order valence-corrected chi connectivity index (χ3v) is 3.52. The fourth-order valence-electron chi connectivity index (χ4n) is 2.36. The van der Waals surface area contributed by atoms with Gasteiger partial charge in [-0.3, -0.25) is 9.98 Å². The first-order valence-electron chi connectivity index (χ1n) is 7.42. The van der Waals surface area contributed by atoms with Crippen molar-refractivity contribution in [3.05, 3.63) is 66.7 Å². The zero-order chi connectivity index (χ0) is 17.8. The molecular formula is C17H16FN7. The van der Waals surface area contributed by atoms with Crippen molar-refractivity contribution in [2.45, 2.75) is 6.54 Å². The molecule has 0 atom stereocenters. The number of pyridine rings is 1. The van der Waals surface area contributed by atoms with Crippen LogP contribution >= 0.6 is 0 Å². The van der Waals surface area contributed by atoms with Gasteiger partial charge in [-0.2, -0.15) is 0 Å². The second kappa shape index (κ2) is 7.02. The molecule has 0 amide bonds. The van der Waals surface area contributed by atoms with Gasteiger partial charge in [0.25, 0.3) is 0 Å². The smallest absolute Gasteiger partial charge is 0.200 e. The van der Waals surface area contributed by atoms with Crippen molar-refractivity contribution in [1.29, 1.82) is 0 Å². The number of aliphatic imine (C=N–C) groups is 1. The standard InChI is InChI=1S/C17H16FN7/c1-3-4-14(20-2)16-23-17(22-13-5-7-21-10-12(13)18)15-11(9-19)6-8-25(15)24-16/h3-8,10H,1-2,9,19H2,(H,21,22,23,24)/b14-4-. The van der Waals surface area contributed by atoms with Gasteiger partial charge >= 0.3 is 0 Å². The summed E-state index contributed by atoms with van der Waals surface area (Å²) in [5.41, 5.74) is 7.96. The summed E-state index contributed by atoms with van der Waals surface area (Å²) in [4.78, 5) is 12.1. The SMILES string of the molecule is C=C/C=C(\N=C)c1nc(Nc2ccncc2F)c2c(CN)ccn2n1. The van der Waals surface area contributed by atoms with E-state index >= 15 is 0 Å². The van der Waals surface area contributed by atoms with Gasteiger partial charge in [0, 0.05) is 18.9 Å². The van der Waals surface area contributed by atoms with Crippen molar-refractivity contribution < 1.29 is 4.39 Å². The van der Waals surface area contributed by atoms with Crippen molar-refractivity contribution in [3.63, 3.8) is 0 Å². The molecule has 0 bridgehead atoms. The van der Waals surface area contributed by atoms with E-state index < -0.39 is 5.82 Å². The third-order valence-electron chi connectivity index (χ3n) is 3.52. The Bertz CT molecular complexity index is 974. The van der Waals surface area contributed by atoms with Crippen LogP contribution in [0.1, 0.15) is 11.4 Å². The fourth-order valence-corrected chi connectivity index (χ4v) is 2.36. The van der Waals surface area contributed by atoms with Crippen molar-refractivity contribution in [3.8, 4) is 0 Å². The number of hydrogen-bond donors (Lipinski definition) is 2. The Labute approximate surface area is 143 Å². The van der Waals surface area contributed by atoms with Crippen LogP contribution in [-0.2, 0) is 6.54 Å². The minimum atomic E-state index is -0.495. The van der Waals surface area contributed by atoms with E-state index in [1.807, 2.05) is 6.07 Å². The Morgan fingerprint density at radius 2 is 2.28 bits per heavy atom. The molecule has 7 nitrogen and oxygen atoms in total. The van der Waals surface area contributed by atoms with E-state index in [4.69, 9.17) is 5.73 Å². The maximum atomic E-state index is 14.0. The Kier molecular flexibility index (Phi) is 4.62. The lowest BCUT2D eigenvalue weighted by molar-refractivity contribution is 0.625. The highest BCUT2D eigenvalue weighted by Gasteiger charge is 2.15. The molecule has 0 aromatic carbocycles. The summed E-state index contributed by atoms with van der Waals surface area (Å²) in [7, 11) is 0. The van der Waals surface area contributed by atoms with Gasteiger partial charge in [-0.25, -0.2) is 13.9 Å². The van der Waals surface area contributed by atoms with Crippen molar-refractivity contribution >= 4 is 29.4 Å². The topological polar surface area (TPSA) is 93.5 Å². The van der Waals surface area contributed by atoms with E-state index in [9.17, 15) is 4.39 Å². The van der Waals surface area contributed by atoms with Crippen LogP contribution < -0.4 is 11.1 Å². The average Bonchev–Trinajstić information content (AvgIpc) is 3.05. The minimum absolute atomic E-state index is 0.242. The molecule has 3 aromatic heterocycles. The third kappa shape index (κ3) is 3.15. The number of nitrogens with zero attached hydrogens (tertiary/aromatic N) is 5. The van der Waals surface area contributed by atoms with Gasteiger partial charge in [-0.1, -0.05) is 12.7 Å². The number of fused-ring (bicyclic) bond motifs is 1. The summed E-state index contributed by atoms with van der Waals surface area (Å²) in [6.45, 7) is 7.45. The van der Waals surface area contributed by atoms with Gasteiger partial charge in [0.2, 0.25) is 5.82 Å². The van der Waals surface area contributed by atoms with Crippen LogP contribution in [-0.4, -0.2) is 26.3 Å². The zero-order valence-electron chi connectivity index (χ0n) is 13.4. The Hall–Kier alpha value is -3.39. The summed E-state index contributed by atoms with van der Waals surface area (Å²) in [6.07, 6.45) is 7.57. The predicted octanol–water partition coefficient (Wildman–Crippen LogP) is 2.69. The van der Waals surface area contributed by atoms with Gasteiger partial charge in [-0.15, -0.1) is 5.10 Å². The molecule has 0 fully saturated rings. The monoisotopic (exact) mass is 337 g/mol. The number of hydrogen-bond acceptors (Lipinski definition) is 6. The van der Waals surface area contributed by atoms with Crippen molar-refractivity contribution in [2.24, 2.45) is 10.7 Å². The molecule has 3 rings (SSSR count). The van der Waals surface area contributed by atoms with E-state index in [0.29, 0.717) is 29.4 Å². The fraction of sp³-hybridized carbons (Fsp3) is 0.0588. The van der Waals surface area contributed by atoms with E-state index in [2.05, 4.69) is 38.7 Å². The Balaban J connectivity index is 2.21. The van der Waals surface area contributed by atoms with Gasteiger partial charge in [-0.05, 0) is 30.5 Å². The first kappa shape index (κ1) is 16.5. The first-order valence-corrected chi connectivity index (χ1v) is 7.42. The second-order valence-electron chi connectivity index (χ2n) is 5.05. The molecule has 0 radical (unpaired) electrons. The quantitative estimate of drug-likeness (QED) is 0.533. The number of nitrogens with one attached hydrogen (secondary N) is 1. The van der Waals surface area contributed by atoms with Crippen LogP contribution in [0.15, 0.2) is 54.4 Å². The minimum Gasteiger partial charge on any atom is -0.336 e. The Morgan fingerprint density at radius 3 is 2.96 bits per heavy atom. The summed E-state index contributed by atoms with van der Waals surface area (Å²) in [5, 5.41) is 7.39. The molecule has 0 saturated heterocycles. The van der Waals surface area contributed by atoms with Crippen LogP contribution in [0.3, 0.4) is 0 Å². The molecule has 126 valence electrons. The molecule has 8 heteroatoms. The van der Waals surface area contributed by atoms with Crippen molar-refractivity contribution in [2.75, 3.05) is 5.32 Å². The van der Waals surface area contributed by atoms with E-state index in [-0.39, 0.29) is 5.69 Å². The van der Waals surface area contributed by atoms with Gasteiger partial charge in [0.05, 0.1) is 11.9 Å². The summed E-state index contributed by atoms with van der Waals surface area (Å²) in [5.74, 6) is 0.225. The van der Waals surface area contributed by atoms with Gasteiger partial charge < -0.3 is 11.1 Å². The van der Waals surface area contributed by atoms with E-state index in [0.717, 1.165) is 11.8 Å². The number of aromatic nitrogens is 4. The molecule has 3 heterocycles. The lowest BCUT2D eigenvalue weighted by Crippen LogP contribution is -2.08. The highest BCUT2D eigenvalue weighted by molar-refractivity contribution is 5.78. The van der Waals surface area contributed by atoms with E-state index in [1.165, 1.54) is 12.3 Å². The van der Waals surface area contributed by atoms with Crippen LogP contribution in [0.25, 0.3) is 11.2 Å². The lowest BCUT2D eigenvalue weighted by Gasteiger charge is -2.11. The predicted molar refractivity (Wildman–Crippen MR) is 96.1 cm³/mol. The molecule has 0 aliphatic rings. The molecule has 0 spiro atoms. The van der Waals surface area contributed by atoms with Crippen LogP contribution in [0.2, 0.25) is 0 Å². The van der Waals surface area contributed by atoms with Gasteiger partial charge in [0.1, 0.15) is 11.2 Å². The number of nitrogens with two attached hydrogens (primary N) is 1. The summed E-state index contributed by atoms with van der Waals surface area (Å²) < 4.78 is 15.6. The molecule has 3 N–H and O–H groups in total. The normalized spacial score (nSPS) is 11.5. The largest absolute Gasteiger partial charge is 0.336 e. The zero-order valence-corrected chi connectivity index (χ0v) is 13.4. The number of halogens is 1. The maximum absolute atomic E-state index is 14.0. The second-order valence-corrected chi connectivity index (χ2v) is 5.05. The highest BCUT2D eigenvalue weighted by atomic mass is 19.1. The van der Waals surface area contributed by atoms with Crippen LogP contribution in [0.4, 0.5) is 15.9 Å². The molecule has 0 aliphatic heterocycles. The van der Waals surface area contributed by atoms with Crippen LogP contribution in [0.5, 0.6) is 0 Å². The number of anilines is 2. The highest BCUT2D eigenvalue weighted by Crippen LogP contribution is 2.26. The maximum Gasteiger partial charge on any atom is 0.200 e. The Morgan fingerprint density at radius 1 is 1.44 bits per heavy atom. The average molecular weight is 337 g/mol. The molecule has 25 heavy (non-hydrogen) atoms. The lowest BCUT2D eigenvalue weighted by atomic mass is 10.2. The summed E-state index contributed by atoms with van der Waals surface area (Å²) >= 11 is 0. The molecule has 3 aromatic rings. The number of allylic oxidation sites excluding steroid dienone is 2.